The number of carbonyl (C=O) groups is 3. The summed E-state index contributed by atoms with van der Waals surface area (Å²) in [6, 6.07) is 21.9. The molecule has 2 saturated heterocycles. The first kappa shape index (κ1) is 23.0. The van der Waals surface area contributed by atoms with Gasteiger partial charge in [-0.05, 0) is 66.7 Å². The zero-order chi connectivity index (χ0) is 24.4. The van der Waals surface area contributed by atoms with Crippen LogP contribution in [0.2, 0.25) is 0 Å². The molecule has 5 rings (SSSR count). The highest BCUT2D eigenvalue weighted by Crippen LogP contribution is 2.32. The van der Waals surface area contributed by atoms with Gasteiger partial charge in [0.25, 0.3) is 11.1 Å². The molecule has 2 fully saturated rings. The quantitative estimate of drug-likeness (QED) is 0.507. The SMILES string of the molecule is Cc1cccc(-n2cccc2C=C2SC(=O)N(CC(=O)N3CCN(c4ccccc4)CC3)C2=O)c1. The van der Waals surface area contributed by atoms with E-state index in [1.54, 1.807) is 11.0 Å². The number of hydrogen-bond acceptors (Lipinski definition) is 5. The third-order valence-electron chi connectivity index (χ3n) is 6.26. The first-order chi connectivity index (χ1) is 17.0. The zero-order valence-corrected chi connectivity index (χ0v) is 20.3. The van der Waals surface area contributed by atoms with E-state index in [4.69, 9.17) is 0 Å². The minimum Gasteiger partial charge on any atom is -0.368 e. The van der Waals surface area contributed by atoms with Crippen LogP contribution in [0, 0.1) is 6.92 Å². The summed E-state index contributed by atoms with van der Waals surface area (Å²) in [6.07, 6.45) is 3.64. The van der Waals surface area contributed by atoms with Crippen molar-refractivity contribution in [2.75, 3.05) is 37.6 Å². The zero-order valence-electron chi connectivity index (χ0n) is 19.5. The van der Waals surface area contributed by atoms with Crippen LogP contribution in [0.3, 0.4) is 0 Å². The lowest BCUT2D eigenvalue weighted by atomic mass is 10.2. The maximum Gasteiger partial charge on any atom is 0.294 e. The van der Waals surface area contributed by atoms with E-state index in [1.165, 1.54) is 0 Å². The molecule has 0 aliphatic carbocycles. The lowest BCUT2D eigenvalue weighted by molar-refractivity contribution is -0.136. The number of rotatable bonds is 5. The smallest absolute Gasteiger partial charge is 0.294 e. The summed E-state index contributed by atoms with van der Waals surface area (Å²) in [5.74, 6) is -0.627. The van der Waals surface area contributed by atoms with E-state index in [9.17, 15) is 14.4 Å². The van der Waals surface area contributed by atoms with Crippen molar-refractivity contribution in [3.05, 3.63) is 89.1 Å². The molecule has 3 heterocycles. The molecular weight excluding hydrogens is 460 g/mol. The summed E-state index contributed by atoms with van der Waals surface area (Å²) in [4.78, 5) is 43.9. The van der Waals surface area contributed by atoms with Gasteiger partial charge in [0.2, 0.25) is 5.91 Å². The number of nitrogens with zero attached hydrogens (tertiary/aromatic N) is 4. The van der Waals surface area contributed by atoms with E-state index in [-0.39, 0.29) is 12.5 Å². The summed E-state index contributed by atoms with van der Waals surface area (Å²) < 4.78 is 1.97. The maximum absolute atomic E-state index is 13.0. The molecule has 7 nitrogen and oxygen atoms in total. The van der Waals surface area contributed by atoms with Crippen LogP contribution < -0.4 is 4.90 Å². The van der Waals surface area contributed by atoms with Crippen LogP contribution in [0.25, 0.3) is 11.8 Å². The van der Waals surface area contributed by atoms with Crippen LogP contribution in [0.5, 0.6) is 0 Å². The van der Waals surface area contributed by atoms with Crippen LogP contribution in [0.1, 0.15) is 11.3 Å². The molecule has 3 aromatic rings. The molecule has 0 bridgehead atoms. The average Bonchev–Trinajstić information content (AvgIpc) is 3.44. The Bertz CT molecular complexity index is 1290. The largest absolute Gasteiger partial charge is 0.368 e. The molecular formula is C27H26N4O3S. The van der Waals surface area contributed by atoms with E-state index in [1.807, 2.05) is 66.2 Å². The molecule has 2 aromatic carbocycles. The Kier molecular flexibility index (Phi) is 6.46. The van der Waals surface area contributed by atoms with Crippen molar-refractivity contribution in [1.82, 2.24) is 14.4 Å². The molecule has 178 valence electrons. The Morgan fingerprint density at radius 2 is 1.66 bits per heavy atom. The highest BCUT2D eigenvalue weighted by atomic mass is 32.2. The number of aromatic nitrogens is 1. The number of aryl methyl sites for hydroxylation is 1. The lowest BCUT2D eigenvalue weighted by Gasteiger charge is -2.36. The summed E-state index contributed by atoms with van der Waals surface area (Å²) in [5, 5.41) is -0.411. The fourth-order valence-corrected chi connectivity index (χ4v) is 5.21. The minimum absolute atomic E-state index is 0.204. The Morgan fingerprint density at radius 1 is 0.914 bits per heavy atom. The number of imide groups is 1. The molecule has 0 radical (unpaired) electrons. The van der Waals surface area contributed by atoms with Crippen molar-refractivity contribution in [3.8, 4) is 5.69 Å². The summed E-state index contributed by atoms with van der Waals surface area (Å²) in [6.45, 7) is 4.34. The highest BCUT2D eigenvalue weighted by molar-refractivity contribution is 8.18. The van der Waals surface area contributed by atoms with E-state index in [0.717, 1.165) is 39.3 Å². The van der Waals surface area contributed by atoms with Crippen molar-refractivity contribution >= 4 is 40.6 Å². The average molecular weight is 487 g/mol. The number of thioether (sulfide) groups is 1. The van der Waals surface area contributed by atoms with E-state index < -0.39 is 11.1 Å². The van der Waals surface area contributed by atoms with Gasteiger partial charge in [-0.3, -0.25) is 19.3 Å². The Hall–Kier alpha value is -3.78. The fourth-order valence-electron chi connectivity index (χ4n) is 4.38. The van der Waals surface area contributed by atoms with Gasteiger partial charge in [0.05, 0.1) is 4.91 Å². The number of amides is 3. The second-order valence-electron chi connectivity index (χ2n) is 8.61. The molecule has 0 atom stereocenters. The van der Waals surface area contributed by atoms with E-state index in [0.29, 0.717) is 31.1 Å². The number of benzene rings is 2. The number of para-hydroxylation sites is 1. The second kappa shape index (κ2) is 9.84. The first-order valence-electron chi connectivity index (χ1n) is 11.6. The molecule has 0 N–H and O–H groups in total. The van der Waals surface area contributed by atoms with Gasteiger partial charge >= 0.3 is 0 Å². The van der Waals surface area contributed by atoms with Crippen LogP contribution in [-0.2, 0) is 9.59 Å². The monoisotopic (exact) mass is 486 g/mol. The van der Waals surface area contributed by atoms with Gasteiger partial charge in [-0.1, -0.05) is 30.3 Å². The van der Waals surface area contributed by atoms with Crippen LogP contribution in [-0.4, -0.2) is 64.1 Å². The molecule has 2 aliphatic heterocycles. The van der Waals surface area contributed by atoms with Crippen molar-refractivity contribution in [2.24, 2.45) is 0 Å². The van der Waals surface area contributed by atoms with Gasteiger partial charge in [0.15, 0.2) is 0 Å². The highest BCUT2D eigenvalue weighted by Gasteiger charge is 2.37. The number of piperazine rings is 1. The predicted molar refractivity (Wildman–Crippen MR) is 138 cm³/mol. The first-order valence-corrected chi connectivity index (χ1v) is 12.4. The fraction of sp³-hybridized carbons (Fsp3) is 0.222. The van der Waals surface area contributed by atoms with Crippen LogP contribution in [0.4, 0.5) is 10.5 Å². The van der Waals surface area contributed by atoms with Gasteiger partial charge in [-0.15, -0.1) is 0 Å². The van der Waals surface area contributed by atoms with Gasteiger partial charge in [-0.25, -0.2) is 0 Å². The normalized spacial score (nSPS) is 17.5. The van der Waals surface area contributed by atoms with Crippen molar-refractivity contribution < 1.29 is 14.4 Å². The molecule has 0 spiro atoms. The molecule has 35 heavy (non-hydrogen) atoms. The second-order valence-corrected chi connectivity index (χ2v) is 9.61. The number of hydrogen-bond donors (Lipinski definition) is 0. The lowest BCUT2D eigenvalue weighted by Crippen LogP contribution is -2.51. The summed E-state index contributed by atoms with van der Waals surface area (Å²) in [5.41, 5.74) is 4.03. The molecule has 0 unspecified atom stereocenters. The van der Waals surface area contributed by atoms with Gasteiger partial charge in [0, 0.05) is 49.4 Å². The van der Waals surface area contributed by atoms with Gasteiger partial charge in [-0.2, -0.15) is 0 Å². The number of carbonyl (C=O) groups excluding carboxylic acids is 3. The third kappa shape index (κ3) is 4.88. The minimum atomic E-state index is -0.423. The van der Waals surface area contributed by atoms with Crippen LogP contribution in [0.15, 0.2) is 77.8 Å². The van der Waals surface area contributed by atoms with Crippen molar-refractivity contribution in [3.63, 3.8) is 0 Å². The Labute approximate surface area is 208 Å². The number of anilines is 1. The van der Waals surface area contributed by atoms with Crippen molar-refractivity contribution in [2.45, 2.75) is 6.92 Å². The van der Waals surface area contributed by atoms with Gasteiger partial charge in [0.1, 0.15) is 6.54 Å². The van der Waals surface area contributed by atoms with E-state index >= 15 is 0 Å². The van der Waals surface area contributed by atoms with E-state index in [2.05, 4.69) is 23.1 Å². The molecule has 3 amide bonds. The maximum atomic E-state index is 13.0. The standard InChI is InChI=1S/C27H26N4O3S/c1-20-7-5-10-22(17-20)30-12-6-11-23(30)18-24-26(33)31(27(34)35-24)19-25(32)29-15-13-28(14-16-29)21-8-3-2-4-9-21/h2-12,17-18H,13-16,19H2,1H3. The topological polar surface area (TPSA) is 65.9 Å². The molecule has 0 saturated carbocycles. The van der Waals surface area contributed by atoms with Crippen LogP contribution >= 0.6 is 11.8 Å². The molecule has 8 heteroatoms. The molecule has 1 aromatic heterocycles. The third-order valence-corrected chi connectivity index (χ3v) is 7.17. The summed E-state index contributed by atoms with van der Waals surface area (Å²) >= 11 is 0.880. The Morgan fingerprint density at radius 3 is 2.40 bits per heavy atom. The predicted octanol–water partition coefficient (Wildman–Crippen LogP) is 4.17. The van der Waals surface area contributed by atoms with Gasteiger partial charge < -0.3 is 14.4 Å². The summed E-state index contributed by atoms with van der Waals surface area (Å²) in [7, 11) is 0. The Balaban J connectivity index is 1.24. The molecule has 2 aliphatic rings. The van der Waals surface area contributed by atoms with Crippen molar-refractivity contribution in [1.29, 1.82) is 0 Å².